The molecule has 1 heterocycles. The number of nitrogens with one attached hydrogen (secondary N) is 1. The van der Waals surface area contributed by atoms with Gasteiger partial charge in [-0.1, -0.05) is 54.4 Å². The fourth-order valence-electron chi connectivity index (χ4n) is 3.82. The Kier molecular flexibility index (Phi) is 7.46. The van der Waals surface area contributed by atoms with Crippen molar-refractivity contribution in [3.63, 3.8) is 0 Å². The van der Waals surface area contributed by atoms with Gasteiger partial charge < -0.3 is 10.2 Å². The summed E-state index contributed by atoms with van der Waals surface area (Å²) >= 11 is 0. The number of likely N-dealkylation sites (tertiary alicyclic amines) is 1. The van der Waals surface area contributed by atoms with E-state index in [0.29, 0.717) is 0 Å². The van der Waals surface area contributed by atoms with E-state index in [1.807, 2.05) is 30.3 Å². The summed E-state index contributed by atoms with van der Waals surface area (Å²) in [6, 6.07) is 18.1. The van der Waals surface area contributed by atoms with Crippen molar-refractivity contribution in [1.29, 1.82) is 0 Å². The summed E-state index contributed by atoms with van der Waals surface area (Å²) in [5.74, 6) is 0.0113. The molecule has 3 nitrogen and oxygen atoms in total. The summed E-state index contributed by atoms with van der Waals surface area (Å²) < 4.78 is 0. The average Bonchev–Trinajstić information content (AvgIpc) is 2.72. The van der Waals surface area contributed by atoms with E-state index in [-0.39, 0.29) is 11.9 Å². The number of hydrogen-bond donors (Lipinski definition) is 1. The maximum Gasteiger partial charge on any atom is 0.251 e. The topological polar surface area (TPSA) is 32.3 Å². The van der Waals surface area contributed by atoms with Crippen molar-refractivity contribution in [2.75, 3.05) is 19.6 Å². The van der Waals surface area contributed by atoms with Crippen LogP contribution in [0.5, 0.6) is 0 Å². The van der Waals surface area contributed by atoms with E-state index in [1.54, 1.807) is 0 Å². The van der Waals surface area contributed by atoms with Crippen molar-refractivity contribution in [2.24, 2.45) is 0 Å². The average molecular weight is 365 g/mol. The van der Waals surface area contributed by atoms with Gasteiger partial charge in [-0.25, -0.2) is 0 Å². The Hall–Kier alpha value is -2.13. The maximum absolute atomic E-state index is 12.7. The van der Waals surface area contributed by atoms with Crippen molar-refractivity contribution in [3.8, 4) is 0 Å². The summed E-state index contributed by atoms with van der Waals surface area (Å²) in [4.78, 5) is 15.2. The van der Waals surface area contributed by atoms with Crippen LogP contribution in [-0.4, -0.2) is 30.4 Å². The normalized spacial score (nSPS) is 16.0. The third-order valence-electron chi connectivity index (χ3n) is 5.49. The van der Waals surface area contributed by atoms with E-state index >= 15 is 0 Å². The van der Waals surface area contributed by atoms with Gasteiger partial charge in [0.15, 0.2) is 0 Å². The zero-order valence-corrected chi connectivity index (χ0v) is 16.5. The minimum absolute atomic E-state index is 0.0113. The Labute approximate surface area is 163 Å². The van der Waals surface area contributed by atoms with Gasteiger partial charge in [-0.2, -0.15) is 0 Å². The van der Waals surface area contributed by atoms with Crippen LogP contribution >= 0.6 is 0 Å². The molecule has 0 spiro atoms. The first-order valence-corrected chi connectivity index (χ1v) is 10.4. The Balaban J connectivity index is 1.57. The Morgan fingerprint density at radius 1 is 0.963 bits per heavy atom. The fraction of sp³-hybridized carbons (Fsp3) is 0.458. The molecular weight excluding hydrogens is 332 g/mol. The molecule has 1 aliphatic heterocycles. The molecule has 1 fully saturated rings. The third kappa shape index (κ3) is 6.21. The third-order valence-corrected chi connectivity index (χ3v) is 5.49. The first-order chi connectivity index (χ1) is 13.2. The van der Waals surface area contributed by atoms with Gasteiger partial charge in [-0.15, -0.1) is 0 Å². The molecule has 1 unspecified atom stereocenters. The SMILES string of the molecule is Cc1ccc(C(CCCCN2CCCCC2)NC(=O)c2ccccc2)cc1. The van der Waals surface area contributed by atoms with Gasteiger partial charge in [0.05, 0.1) is 6.04 Å². The predicted octanol–water partition coefficient (Wildman–Crippen LogP) is 5.12. The van der Waals surface area contributed by atoms with Gasteiger partial charge in [0.25, 0.3) is 5.91 Å². The van der Waals surface area contributed by atoms with Crippen LogP contribution in [0.15, 0.2) is 54.6 Å². The van der Waals surface area contributed by atoms with Crippen LogP contribution in [-0.2, 0) is 0 Å². The maximum atomic E-state index is 12.7. The number of carbonyl (C=O) groups excluding carboxylic acids is 1. The summed E-state index contributed by atoms with van der Waals surface area (Å²) in [5, 5.41) is 3.25. The molecule has 2 aromatic rings. The molecule has 3 rings (SSSR count). The highest BCUT2D eigenvalue weighted by Gasteiger charge is 2.16. The van der Waals surface area contributed by atoms with Crippen LogP contribution in [0, 0.1) is 6.92 Å². The molecule has 144 valence electrons. The van der Waals surface area contributed by atoms with E-state index in [0.717, 1.165) is 18.4 Å². The lowest BCUT2D eigenvalue weighted by atomic mass is 9.99. The van der Waals surface area contributed by atoms with Crippen molar-refractivity contribution in [1.82, 2.24) is 10.2 Å². The Bertz CT molecular complexity index is 690. The van der Waals surface area contributed by atoms with Gasteiger partial charge in [0.2, 0.25) is 0 Å². The molecule has 0 aliphatic carbocycles. The van der Waals surface area contributed by atoms with Crippen LogP contribution in [0.3, 0.4) is 0 Å². The largest absolute Gasteiger partial charge is 0.345 e. The molecule has 2 aromatic carbocycles. The van der Waals surface area contributed by atoms with Crippen LogP contribution in [0.4, 0.5) is 0 Å². The van der Waals surface area contributed by atoms with Crippen molar-refractivity contribution in [3.05, 3.63) is 71.3 Å². The molecule has 1 amide bonds. The predicted molar refractivity (Wildman–Crippen MR) is 112 cm³/mol. The first-order valence-electron chi connectivity index (χ1n) is 10.4. The van der Waals surface area contributed by atoms with E-state index in [9.17, 15) is 4.79 Å². The zero-order chi connectivity index (χ0) is 18.9. The molecule has 0 aromatic heterocycles. The van der Waals surface area contributed by atoms with Crippen LogP contribution < -0.4 is 5.32 Å². The number of benzene rings is 2. The van der Waals surface area contributed by atoms with Crippen molar-refractivity contribution >= 4 is 5.91 Å². The monoisotopic (exact) mass is 364 g/mol. The molecule has 1 aliphatic rings. The highest BCUT2D eigenvalue weighted by atomic mass is 16.1. The molecule has 1 saturated heterocycles. The van der Waals surface area contributed by atoms with E-state index in [4.69, 9.17) is 0 Å². The number of carbonyl (C=O) groups is 1. The van der Waals surface area contributed by atoms with Gasteiger partial charge in [-0.3, -0.25) is 4.79 Å². The molecule has 0 bridgehead atoms. The van der Waals surface area contributed by atoms with Crippen molar-refractivity contribution in [2.45, 2.75) is 51.5 Å². The number of piperidine rings is 1. The summed E-state index contributed by atoms with van der Waals surface area (Å²) in [5.41, 5.74) is 3.17. The number of unbranched alkanes of at least 4 members (excludes halogenated alkanes) is 1. The minimum Gasteiger partial charge on any atom is -0.345 e. The van der Waals surface area contributed by atoms with E-state index in [1.165, 1.54) is 56.4 Å². The van der Waals surface area contributed by atoms with Crippen LogP contribution in [0.1, 0.15) is 66.1 Å². The van der Waals surface area contributed by atoms with Gasteiger partial charge in [-0.05, 0) is 76.4 Å². The number of hydrogen-bond acceptors (Lipinski definition) is 2. The summed E-state index contributed by atoms with van der Waals surface area (Å²) in [7, 11) is 0. The molecule has 27 heavy (non-hydrogen) atoms. The number of aryl methyl sites for hydroxylation is 1. The fourth-order valence-corrected chi connectivity index (χ4v) is 3.82. The van der Waals surface area contributed by atoms with Crippen LogP contribution in [0.25, 0.3) is 0 Å². The Morgan fingerprint density at radius 2 is 1.67 bits per heavy atom. The molecule has 3 heteroatoms. The molecule has 0 saturated carbocycles. The number of amides is 1. The van der Waals surface area contributed by atoms with Gasteiger partial charge in [0, 0.05) is 5.56 Å². The number of nitrogens with zero attached hydrogens (tertiary/aromatic N) is 1. The second kappa shape index (κ2) is 10.3. The quantitative estimate of drug-likeness (QED) is 0.659. The Morgan fingerprint density at radius 3 is 2.37 bits per heavy atom. The second-order valence-corrected chi connectivity index (χ2v) is 7.70. The summed E-state index contributed by atoms with van der Waals surface area (Å²) in [6.07, 6.45) is 7.39. The standard InChI is InChI=1S/C24H32N2O/c1-20-13-15-21(16-14-20)23(25-24(27)22-10-4-2-5-11-22)12-6-9-19-26-17-7-3-8-18-26/h2,4-5,10-11,13-16,23H,3,6-9,12,17-19H2,1H3,(H,25,27). The lowest BCUT2D eigenvalue weighted by Crippen LogP contribution is -2.31. The minimum atomic E-state index is 0.0113. The van der Waals surface area contributed by atoms with Gasteiger partial charge >= 0.3 is 0 Å². The first kappa shape index (κ1) is 19.6. The smallest absolute Gasteiger partial charge is 0.251 e. The second-order valence-electron chi connectivity index (χ2n) is 7.70. The lowest BCUT2D eigenvalue weighted by molar-refractivity contribution is 0.0933. The van der Waals surface area contributed by atoms with E-state index in [2.05, 4.69) is 41.4 Å². The van der Waals surface area contributed by atoms with Gasteiger partial charge in [0.1, 0.15) is 0 Å². The lowest BCUT2D eigenvalue weighted by Gasteiger charge is -2.26. The highest BCUT2D eigenvalue weighted by molar-refractivity contribution is 5.94. The van der Waals surface area contributed by atoms with Crippen molar-refractivity contribution < 1.29 is 4.79 Å². The van der Waals surface area contributed by atoms with Crippen LogP contribution in [0.2, 0.25) is 0 Å². The van der Waals surface area contributed by atoms with E-state index < -0.39 is 0 Å². The molecular formula is C24H32N2O. The molecule has 1 atom stereocenters. The molecule has 0 radical (unpaired) electrons. The zero-order valence-electron chi connectivity index (χ0n) is 16.5. The number of rotatable bonds is 8. The molecule has 1 N–H and O–H groups in total. The highest BCUT2D eigenvalue weighted by Crippen LogP contribution is 2.21. The summed E-state index contributed by atoms with van der Waals surface area (Å²) in [6.45, 7) is 5.80.